The second-order valence-electron chi connectivity index (χ2n) is 10.2. The molecule has 2 atom stereocenters. The van der Waals surface area contributed by atoms with Crippen molar-refractivity contribution in [2.24, 2.45) is 13.0 Å². The van der Waals surface area contributed by atoms with E-state index in [1.54, 1.807) is 7.11 Å². The average molecular weight is 510 g/mol. The summed E-state index contributed by atoms with van der Waals surface area (Å²) in [6.45, 7) is 1.42. The summed E-state index contributed by atoms with van der Waals surface area (Å²) in [5.74, 6) is 3.74. The van der Waals surface area contributed by atoms with Crippen LogP contribution in [0.25, 0.3) is 38.9 Å². The van der Waals surface area contributed by atoms with Gasteiger partial charge >= 0.3 is 0 Å². The summed E-state index contributed by atoms with van der Waals surface area (Å²) in [5.41, 5.74) is 13.1. The molecule has 0 unspecified atom stereocenters. The molecule has 6 rings (SSSR count). The Morgan fingerprint density at radius 3 is 2.95 bits per heavy atom. The standard InChI is InChI=1S/C29H31N7O2/c1-4-23-33-21-12-11-19(14-22(21)34-23)26-24(25-27(30)31-16-32-28(25)35(26)2)17-7-9-18(10-8-17)29(37)36-13-5-6-20(36)15-38-3/h1,7,11-12,14,16,18,20H,5-6,8-10,13,15H2,2-3H3,(H,33,34)(H2,30,31,32)/t18-,20+/m1/s1. The molecule has 4 heterocycles. The highest BCUT2D eigenvalue weighted by molar-refractivity contribution is 6.05. The van der Waals surface area contributed by atoms with Gasteiger partial charge in [-0.3, -0.25) is 4.79 Å². The number of terminal acetylenes is 1. The average Bonchev–Trinajstić information content (AvgIpc) is 3.64. The number of imidazole rings is 1. The molecule has 4 aromatic rings. The number of fused-ring (bicyclic) bond motifs is 2. The van der Waals surface area contributed by atoms with Crippen LogP contribution < -0.4 is 5.73 Å². The molecule has 2 aliphatic rings. The number of nitrogens with zero attached hydrogens (tertiary/aromatic N) is 5. The zero-order valence-electron chi connectivity index (χ0n) is 21.7. The first-order valence-corrected chi connectivity index (χ1v) is 13.0. The van der Waals surface area contributed by atoms with Crippen LogP contribution in [0.5, 0.6) is 0 Å². The summed E-state index contributed by atoms with van der Waals surface area (Å²) in [5, 5.41) is 0.842. The molecule has 9 heteroatoms. The second kappa shape index (κ2) is 9.62. The van der Waals surface area contributed by atoms with E-state index in [9.17, 15) is 4.79 Å². The van der Waals surface area contributed by atoms with E-state index in [0.717, 1.165) is 71.1 Å². The van der Waals surface area contributed by atoms with Crippen molar-refractivity contribution < 1.29 is 9.53 Å². The number of aromatic amines is 1. The molecule has 0 spiro atoms. The first-order chi connectivity index (χ1) is 18.5. The normalized spacial score (nSPS) is 19.7. The van der Waals surface area contributed by atoms with E-state index in [-0.39, 0.29) is 17.9 Å². The molecule has 194 valence electrons. The molecular formula is C29H31N7O2. The number of nitrogens with two attached hydrogens (primary N) is 1. The van der Waals surface area contributed by atoms with Gasteiger partial charge in [0.2, 0.25) is 5.91 Å². The van der Waals surface area contributed by atoms with E-state index in [0.29, 0.717) is 24.7 Å². The monoisotopic (exact) mass is 509 g/mol. The van der Waals surface area contributed by atoms with Crippen molar-refractivity contribution in [3.05, 3.63) is 42.0 Å². The van der Waals surface area contributed by atoms with Gasteiger partial charge in [0.25, 0.3) is 0 Å². The van der Waals surface area contributed by atoms with Gasteiger partial charge in [-0.15, -0.1) is 6.42 Å². The summed E-state index contributed by atoms with van der Waals surface area (Å²) < 4.78 is 7.43. The molecular weight excluding hydrogens is 478 g/mol. The minimum Gasteiger partial charge on any atom is -0.383 e. The summed E-state index contributed by atoms with van der Waals surface area (Å²) in [6, 6.07) is 6.26. The topological polar surface area (TPSA) is 115 Å². The summed E-state index contributed by atoms with van der Waals surface area (Å²) in [6.07, 6.45) is 13.6. The second-order valence-corrected chi connectivity index (χ2v) is 10.2. The number of amides is 1. The highest BCUT2D eigenvalue weighted by Crippen LogP contribution is 2.43. The van der Waals surface area contributed by atoms with Crippen molar-refractivity contribution in [1.29, 1.82) is 0 Å². The third-order valence-corrected chi connectivity index (χ3v) is 7.99. The van der Waals surface area contributed by atoms with Gasteiger partial charge in [-0.25, -0.2) is 15.0 Å². The van der Waals surface area contributed by atoms with Crippen LogP contribution >= 0.6 is 0 Å². The van der Waals surface area contributed by atoms with E-state index in [1.807, 2.05) is 24.1 Å². The van der Waals surface area contributed by atoms with Gasteiger partial charge in [-0.2, -0.15) is 0 Å². The van der Waals surface area contributed by atoms with Crippen molar-refractivity contribution in [3.8, 4) is 23.6 Å². The maximum atomic E-state index is 13.4. The number of aromatic nitrogens is 5. The molecule has 3 aromatic heterocycles. The van der Waals surface area contributed by atoms with Crippen LogP contribution in [0, 0.1) is 18.3 Å². The molecule has 38 heavy (non-hydrogen) atoms. The van der Waals surface area contributed by atoms with E-state index in [4.69, 9.17) is 16.9 Å². The zero-order valence-corrected chi connectivity index (χ0v) is 21.7. The largest absolute Gasteiger partial charge is 0.383 e. The minimum absolute atomic E-state index is 0.0215. The number of nitrogen functional groups attached to an aromatic ring is 1. The lowest BCUT2D eigenvalue weighted by molar-refractivity contribution is -0.137. The minimum atomic E-state index is -0.0215. The first-order valence-electron chi connectivity index (χ1n) is 13.0. The van der Waals surface area contributed by atoms with Crippen molar-refractivity contribution in [3.63, 3.8) is 0 Å². The van der Waals surface area contributed by atoms with Gasteiger partial charge in [0.05, 0.1) is 34.8 Å². The molecule has 1 fully saturated rings. The molecule has 0 saturated carbocycles. The number of carbonyl (C=O) groups is 1. The number of nitrogens with one attached hydrogen (secondary N) is 1. The highest BCUT2D eigenvalue weighted by atomic mass is 16.5. The van der Waals surface area contributed by atoms with E-state index in [2.05, 4.69) is 42.6 Å². The van der Waals surface area contributed by atoms with Crippen molar-refractivity contribution in [2.45, 2.75) is 38.1 Å². The smallest absolute Gasteiger partial charge is 0.226 e. The lowest BCUT2D eigenvalue weighted by Crippen LogP contribution is -2.42. The third kappa shape index (κ3) is 3.92. The summed E-state index contributed by atoms with van der Waals surface area (Å²) >= 11 is 0. The van der Waals surface area contributed by atoms with Crippen LogP contribution in [0.2, 0.25) is 0 Å². The number of hydrogen-bond donors (Lipinski definition) is 2. The first kappa shape index (κ1) is 24.2. The number of methoxy groups -OCH3 is 1. The highest BCUT2D eigenvalue weighted by Gasteiger charge is 2.34. The van der Waals surface area contributed by atoms with Crippen LogP contribution in [-0.2, 0) is 16.6 Å². The number of benzene rings is 1. The Kier molecular flexibility index (Phi) is 6.12. The van der Waals surface area contributed by atoms with Crippen LogP contribution in [0.4, 0.5) is 5.82 Å². The summed E-state index contributed by atoms with van der Waals surface area (Å²) in [7, 11) is 3.70. The number of anilines is 1. The number of aryl methyl sites for hydroxylation is 1. The van der Waals surface area contributed by atoms with Crippen molar-refractivity contribution in [1.82, 2.24) is 29.4 Å². The number of likely N-dealkylation sites (tertiary alicyclic amines) is 1. The Bertz CT molecular complexity index is 1620. The number of H-pyrrole nitrogens is 1. The molecule has 9 nitrogen and oxygen atoms in total. The number of ether oxygens (including phenoxy) is 1. The number of allylic oxidation sites excluding steroid dienone is 2. The molecule has 1 amide bonds. The van der Waals surface area contributed by atoms with Crippen LogP contribution in [0.15, 0.2) is 30.6 Å². The molecule has 1 saturated heterocycles. The van der Waals surface area contributed by atoms with Crippen molar-refractivity contribution >= 4 is 39.4 Å². The van der Waals surface area contributed by atoms with Crippen LogP contribution in [-0.4, -0.2) is 61.6 Å². The van der Waals surface area contributed by atoms with Gasteiger partial charge in [-0.1, -0.05) is 12.1 Å². The number of rotatable bonds is 5. The fraction of sp³-hybridized carbons (Fsp3) is 0.379. The molecule has 1 aromatic carbocycles. The predicted molar refractivity (Wildman–Crippen MR) is 148 cm³/mol. The van der Waals surface area contributed by atoms with Gasteiger partial charge < -0.3 is 24.9 Å². The predicted octanol–water partition coefficient (Wildman–Crippen LogP) is 3.90. The SMILES string of the molecule is C#Cc1nc2ccc(-c3c(C4=CC[C@@H](C(=O)N5CCC[C@H]5COC)CC4)c4c(N)ncnc4n3C)cc2[nH]1. The summed E-state index contributed by atoms with van der Waals surface area (Å²) in [4.78, 5) is 32.0. The van der Waals surface area contributed by atoms with Crippen LogP contribution in [0.3, 0.4) is 0 Å². The van der Waals surface area contributed by atoms with E-state index < -0.39 is 0 Å². The van der Waals surface area contributed by atoms with Gasteiger partial charge in [-0.05, 0) is 55.7 Å². The maximum absolute atomic E-state index is 13.4. The quantitative estimate of drug-likeness (QED) is 0.395. The fourth-order valence-electron chi connectivity index (χ4n) is 6.16. The van der Waals surface area contributed by atoms with Crippen molar-refractivity contribution in [2.75, 3.05) is 26.0 Å². The third-order valence-electron chi connectivity index (χ3n) is 7.99. The Labute approximate surface area is 221 Å². The number of hydrogen-bond acceptors (Lipinski definition) is 6. The Morgan fingerprint density at radius 2 is 2.18 bits per heavy atom. The molecule has 0 bridgehead atoms. The van der Waals surface area contributed by atoms with Gasteiger partial charge in [0.15, 0.2) is 5.82 Å². The van der Waals surface area contributed by atoms with Gasteiger partial charge in [0, 0.05) is 37.7 Å². The Balaban J connectivity index is 1.40. The molecule has 1 aliphatic carbocycles. The fourth-order valence-corrected chi connectivity index (χ4v) is 6.16. The Hall–Kier alpha value is -4.16. The maximum Gasteiger partial charge on any atom is 0.226 e. The van der Waals surface area contributed by atoms with E-state index >= 15 is 0 Å². The van der Waals surface area contributed by atoms with Crippen LogP contribution in [0.1, 0.15) is 43.5 Å². The lowest BCUT2D eigenvalue weighted by Gasteiger charge is -2.30. The lowest BCUT2D eigenvalue weighted by atomic mass is 9.84. The molecule has 1 aliphatic heterocycles. The number of carbonyl (C=O) groups excluding carboxylic acids is 1. The molecule has 0 radical (unpaired) electrons. The molecule has 3 N–H and O–H groups in total. The zero-order chi connectivity index (χ0) is 26.4. The Morgan fingerprint density at radius 1 is 1.32 bits per heavy atom. The van der Waals surface area contributed by atoms with E-state index in [1.165, 1.54) is 11.9 Å². The van der Waals surface area contributed by atoms with Gasteiger partial charge in [0.1, 0.15) is 17.8 Å².